The van der Waals surface area contributed by atoms with Gasteiger partial charge in [0.25, 0.3) is 11.5 Å². The van der Waals surface area contributed by atoms with Crippen LogP contribution >= 0.6 is 0 Å². The Kier molecular flexibility index (Phi) is 5.32. The van der Waals surface area contributed by atoms with Crippen LogP contribution < -0.4 is 10.9 Å². The normalized spacial score (nSPS) is 10.5. The average molecular weight is 346 g/mol. The van der Waals surface area contributed by atoms with E-state index in [4.69, 9.17) is 0 Å². The van der Waals surface area contributed by atoms with E-state index in [1.54, 1.807) is 22.9 Å². The lowest BCUT2D eigenvalue weighted by Gasteiger charge is -2.10. The van der Waals surface area contributed by atoms with Gasteiger partial charge in [0.05, 0.1) is 6.54 Å². The van der Waals surface area contributed by atoms with Crippen molar-refractivity contribution in [3.05, 3.63) is 99.5 Å². The summed E-state index contributed by atoms with van der Waals surface area (Å²) in [5.41, 5.74) is 3.89. The fraction of sp³-hybridized carbons (Fsp3) is 0.182. The van der Waals surface area contributed by atoms with Crippen LogP contribution in [0.1, 0.15) is 34.0 Å². The molecule has 0 saturated heterocycles. The highest BCUT2D eigenvalue weighted by atomic mass is 16.2. The monoisotopic (exact) mass is 346 g/mol. The predicted octanol–water partition coefficient (Wildman–Crippen LogP) is 4.02. The van der Waals surface area contributed by atoms with E-state index in [1.807, 2.05) is 55.5 Å². The van der Waals surface area contributed by atoms with Crippen LogP contribution in [-0.2, 0) is 13.0 Å². The molecule has 0 unspecified atom stereocenters. The molecular weight excluding hydrogens is 324 g/mol. The third-order valence-corrected chi connectivity index (χ3v) is 4.32. The molecule has 0 spiro atoms. The van der Waals surface area contributed by atoms with E-state index in [-0.39, 0.29) is 11.1 Å². The highest BCUT2D eigenvalue weighted by molar-refractivity contribution is 6.03. The summed E-state index contributed by atoms with van der Waals surface area (Å²) in [5, 5.41) is 2.80. The standard InChI is InChI=1S/C22H22N2O2/c1-3-17-9-11-19(12-10-17)23-21(25)20-8-5-13-24(22(20)26)15-18-7-4-6-16(2)14-18/h4-14H,3,15H2,1-2H3,(H,23,25). The Morgan fingerprint density at radius 1 is 1.00 bits per heavy atom. The molecule has 1 N–H and O–H groups in total. The number of pyridine rings is 1. The number of rotatable bonds is 5. The number of carbonyl (C=O) groups excluding carboxylic acids is 1. The number of anilines is 1. The fourth-order valence-corrected chi connectivity index (χ4v) is 2.86. The van der Waals surface area contributed by atoms with Crippen LogP contribution in [0.25, 0.3) is 0 Å². The Hall–Kier alpha value is -3.14. The summed E-state index contributed by atoms with van der Waals surface area (Å²) in [6, 6.07) is 18.9. The SMILES string of the molecule is CCc1ccc(NC(=O)c2cccn(Cc3cccc(C)c3)c2=O)cc1. The summed E-state index contributed by atoms with van der Waals surface area (Å²) < 4.78 is 1.56. The van der Waals surface area contributed by atoms with E-state index in [0.29, 0.717) is 12.2 Å². The van der Waals surface area contributed by atoms with Gasteiger partial charge in [-0.2, -0.15) is 0 Å². The van der Waals surface area contributed by atoms with Gasteiger partial charge >= 0.3 is 0 Å². The van der Waals surface area contributed by atoms with Gasteiger partial charge in [-0.3, -0.25) is 9.59 Å². The molecule has 4 heteroatoms. The maximum absolute atomic E-state index is 12.7. The summed E-state index contributed by atoms with van der Waals surface area (Å²) in [4.78, 5) is 25.2. The van der Waals surface area contributed by atoms with Crippen LogP contribution in [0, 0.1) is 6.92 Å². The summed E-state index contributed by atoms with van der Waals surface area (Å²) in [7, 11) is 0. The number of aryl methyl sites for hydroxylation is 2. The van der Waals surface area contributed by atoms with E-state index in [0.717, 1.165) is 17.5 Å². The number of aromatic nitrogens is 1. The molecule has 0 aliphatic carbocycles. The van der Waals surface area contributed by atoms with Crippen molar-refractivity contribution in [2.24, 2.45) is 0 Å². The zero-order chi connectivity index (χ0) is 18.5. The zero-order valence-corrected chi connectivity index (χ0v) is 15.0. The minimum atomic E-state index is -0.391. The second-order valence-electron chi connectivity index (χ2n) is 6.35. The van der Waals surface area contributed by atoms with Gasteiger partial charge in [-0.1, -0.05) is 48.9 Å². The molecule has 0 radical (unpaired) electrons. The first kappa shape index (κ1) is 17.7. The third-order valence-electron chi connectivity index (χ3n) is 4.32. The molecule has 2 aromatic carbocycles. The van der Waals surface area contributed by atoms with Crippen molar-refractivity contribution in [3.8, 4) is 0 Å². The van der Waals surface area contributed by atoms with Crippen LogP contribution in [0.5, 0.6) is 0 Å². The molecule has 3 aromatic rings. The van der Waals surface area contributed by atoms with E-state index in [9.17, 15) is 9.59 Å². The first-order chi connectivity index (χ1) is 12.6. The molecule has 0 saturated carbocycles. The van der Waals surface area contributed by atoms with Crippen molar-refractivity contribution in [2.75, 3.05) is 5.32 Å². The van der Waals surface area contributed by atoms with Crippen molar-refractivity contribution in [1.82, 2.24) is 4.57 Å². The van der Waals surface area contributed by atoms with Gasteiger partial charge in [-0.25, -0.2) is 0 Å². The molecule has 26 heavy (non-hydrogen) atoms. The molecule has 132 valence electrons. The smallest absolute Gasteiger partial charge is 0.263 e. The second kappa shape index (κ2) is 7.83. The van der Waals surface area contributed by atoms with Crippen LogP contribution in [0.2, 0.25) is 0 Å². The topological polar surface area (TPSA) is 51.1 Å². The van der Waals surface area contributed by atoms with Gasteiger partial charge < -0.3 is 9.88 Å². The van der Waals surface area contributed by atoms with Gasteiger partial charge in [-0.05, 0) is 48.7 Å². The molecule has 0 aliphatic heterocycles. The van der Waals surface area contributed by atoms with Crippen molar-refractivity contribution < 1.29 is 4.79 Å². The van der Waals surface area contributed by atoms with E-state index in [1.165, 1.54) is 5.56 Å². The number of nitrogens with one attached hydrogen (secondary N) is 1. The Morgan fingerprint density at radius 2 is 1.77 bits per heavy atom. The highest BCUT2D eigenvalue weighted by Crippen LogP contribution is 2.11. The Labute approximate surface area is 153 Å². The van der Waals surface area contributed by atoms with Crippen molar-refractivity contribution in [3.63, 3.8) is 0 Å². The molecule has 0 fully saturated rings. The zero-order valence-electron chi connectivity index (χ0n) is 15.0. The summed E-state index contributed by atoms with van der Waals surface area (Å²) >= 11 is 0. The number of hydrogen-bond acceptors (Lipinski definition) is 2. The maximum atomic E-state index is 12.7. The van der Waals surface area contributed by atoms with E-state index < -0.39 is 5.91 Å². The van der Waals surface area contributed by atoms with Gasteiger partial charge in [0.2, 0.25) is 0 Å². The summed E-state index contributed by atoms with van der Waals surface area (Å²) in [6.45, 7) is 4.53. The number of amides is 1. The van der Waals surface area contributed by atoms with E-state index in [2.05, 4.69) is 12.2 Å². The second-order valence-corrected chi connectivity index (χ2v) is 6.35. The molecule has 1 amide bonds. The van der Waals surface area contributed by atoms with Gasteiger partial charge in [0.15, 0.2) is 0 Å². The van der Waals surface area contributed by atoms with Gasteiger partial charge in [0.1, 0.15) is 5.56 Å². The van der Waals surface area contributed by atoms with Crippen LogP contribution in [0.15, 0.2) is 71.7 Å². The highest BCUT2D eigenvalue weighted by Gasteiger charge is 2.12. The summed E-state index contributed by atoms with van der Waals surface area (Å²) in [6.07, 6.45) is 2.65. The molecule has 0 bridgehead atoms. The largest absolute Gasteiger partial charge is 0.322 e. The molecule has 4 nitrogen and oxygen atoms in total. The average Bonchev–Trinajstić information content (AvgIpc) is 2.64. The number of benzene rings is 2. The molecule has 1 aromatic heterocycles. The van der Waals surface area contributed by atoms with Gasteiger partial charge in [-0.15, -0.1) is 0 Å². The molecule has 1 heterocycles. The minimum Gasteiger partial charge on any atom is -0.322 e. The van der Waals surface area contributed by atoms with Crippen molar-refractivity contribution in [2.45, 2.75) is 26.8 Å². The molecule has 0 aliphatic rings. The van der Waals surface area contributed by atoms with Crippen LogP contribution in [0.4, 0.5) is 5.69 Å². The third kappa shape index (κ3) is 4.09. The quantitative estimate of drug-likeness (QED) is 0.758. The van der Waals surface area contributed by atoms with Crippen LogP contribution in [-0.4, -0.2) is 10.5 Å². The number of carbonyl (C=O) groups is 1. The Balaban J connectivity index is 1.81. The lowest BCUT2D eigenvalue weighted by molar-refractivity contribution is 0.102. The maximum Gasteiger partial charge on any atom is 0.263 e. The lowest BCUT2D eigenvalue weighted by atomic mass is 10.1. The molecule has 3 rings (SSSR count). The van der Waals surface area contributed by atoms with E-state index >= 15 is 0 Å². The minimum absolute atomic E-state index is 0.139. The van der Waals surface area contributed by atoms with Crippen molar-refractivity contribution in [1.29, 1.82) is 0 Å². The van der Waals surface area contributed by atoms with Gasteiger partial charge in [0, 0.05) is 11.9 Å². The first-order valence-electron chi connectivity index (χ1n) is 8.72. The fourth-order valence-electron chi connectivity index (χ4n) is 2.86. The lowest BCUT2D eigenvalue weighted by Crippen LogP contribution is -2.29. The predicted molar refractivity (Wildman–Crippen MR) is 105 cm³/mol. The van der Waals surface area contributed by atoms with Crippen LogP contribution in [0.3, 0.4) is 0 Å². The first-order valence-corrected chi connectivity index (χ1v) is 8.72. The van der Waals surface area contributed by atoms with Crippen molar-refractivity contribution >= 4 is 11.6 Å². The molecular formula is C22H22N2O2. The number of hydrogen-bond donors (Lipinski definition) is 1. The number of nitrogens with zero attached hydrogens (tertiary/aromatic N) is 1. The molecule has 0 atom stereocenters. The Bertz CT molecular complexity index is 972. The Morgan fingerprint density at radius 3 is 2.46 bits per heavy atom. The summed E-state index contributed by atoms with van der Waals surface area (Å²) in [5.74, 6) is -0.391.